The van der Waals surface area contributed by atoms with Gasteiger partial charge in [0, 0.05) is 31.2 Å². The molecule has 2 N–H and O–H groups in total. The van der Waals surface area contributed by atoms with Crippen LogP contribution < -0.4 is 10.6 Å². The predicted octanol–water partition coefficient (Wildman–Crippen LogP) is 1.61. The van der Waals surface area contributed by atoms with Crippen molar-refractivity contribution in [1.29, 1.82) is 0 Å². The third-order valence-corrected chi connectivity index (χ3v) is 3.78. The monoisotopic (exact) mass is 275 g/mol. The molecule has 0 saturated carbocycles. The molecule has 0 aliphatic carbocycles. The van der Waals surface area contributed by atoms with Crippen LogP contribution in [0.15, 0.2) is 18.2 Å². The molecule has 1 aromatic rings. The van der Waals surface area contributed by atoms with E-state index < -0.39 is 0 Å². The molecule has 1 heterocycles. The fourth-order valence-electron chi connectivity index (χ4n) is 2.50. The van der Waals surface area contributed by atoms with Gasteiger partial charge in [-0.05, 0) is 43.3 Å². The highest BCUT2D eigenvalue weighted by Gasteiger charge is 2.19. The van der Waals surface area contributed by atoms with Crippen LogP contribution in [0.25, 0.3) is 0 Å². The molecule has 1 atom stereocenters. The van der Waals surface area contributed by atoms with Crippen molar-refractivity contribution in [3.63, 3.8) is 0 Å². The molecule has 0 bridgehead atoms. The fraction of sp³-hybridized carbons (Fsp3) is 0.562. The summed E-state index contributed by atoms with van der Waals surface area (Å²) in [7, 11) is 4.06. The van der Waals surface area contributed by atoms with Crippen LogP contribution in [0, 0.1) is 5.92 Å². The van der Waals surface area contributed by atoms with Crippen LogP contribution >= 0.6 is 0 Å². The first kappa shape index (κ1) is 15.0. The molecule has 2 rings (SSSR count). The molecule has 0 aromatic heterocycles. The van der Waals surface area contributed by atoms with E-state index in [1.807, 2.05) is 26.2 Å². The van der Waals surface area contributed by atoms with Gasteiger partial charge in [-0.2, -0.15) is 0 Å². The van der Waals surface area contributed by atoms with Crippen molar-refractivity contribution in [3.05, 3.63) is 34.9 Å². The Kier molecular flexibility index (Phi) is 4.78. The van der Waals surface area contributed by atoms with Gasteiger partial charge in [-0.1, -0.05) is 19.9 Å². The van der Waals surface area contributed by atoms with Gasteiger partial charge in [0.25, 0.3) is 5.91 Å². The number of rotatable bonds is 5. The molecule has 110 valence electrons. The van der Waals surface area contributed by atoms with Crippen molar-refractivity contribution in [3.8, 4) is 0 Å². The number of likely N-dealkylation sites (N-methyl/N-ethyl adjacent to an activating group) is 1. The Morgan fingerprint density at radius 2 is 2.00 bits per heavy atom. The molecule has 4 nitrogen and oxygen atoms in total. The van der Waals surface area contributed by atoms with E-state index in [0.717, 1.165) is 25.2 Å². The fourth-order valence-corrected chi connectivity index (χ4v) is 2.50. The van der Waals surface area contributed by atoms with E-state index in [1.165, 1.54) is 11.1 Å². The second kappa shape index (κ2) is 6.37. The summed E-state index contributed by atoms with van der Waals surface area (Å²) in [5, 5.41) is 6.45. The molecular weight excluding hydrogens is 250 g/mol. The molecule has 0 spiro atoms. The van der Waals surface area contributed by atoms with Crippen molar-refractivity contribution < 1.29 is 4.79 Å². The third-order valence-electron chi connectivity index (χ3n) is 3.78. The molecule has 1 unspecified atom stereocenters. The van der Waals surface area contributed by atoms with Gasteiger partial charge in [0.05, 0.1) is 0 Å². The lowest BCUT2D eigenvalue weighted by molar-refractivity contribution is 0.0916. The van der Waals surface area contributed by atoms with Crippen LogP contribution in [0.2, 0.25) is 0 Å². The minimum Gasteiger partial charge on any atom is -0.348 e. The highest BCUT2D eigenvalue weighted by atomic mass is 16.1. The van der Waals surface area contributed by atoms with Gasteiger partial charge in [-0.25, -0.2) is 0 Å². The van der Waals surface area contributed by atoms with Crippen molar-refractivity contribution in [1.82, 2.24) is 15.5 Å². The average molecular weight is 275 g/mol. The smallest absolute Gasteiger partial charge is 0.251 e. The lowest BCUT2D eigenvalue weighted by atomic mass is 10.0. The summed E-state index contributed by atoms with van der Waals surface area (Å²) < 4.78 is 0. The number of carbonyl (C=O) groups excluding carboxylic acids is 1. The van der Waals surface area contributed by atoms with Gasteiger partial charge in [0.2, 0.25) is 0 Å². The first-order valence-corrected chi connectivity index (χ1v) is 7.25. The van der Waals surface area contributed by atoms with Crippen LogP contribution in [-0.4, -0.2) is 37.5 Å². The van der Waals surface area contributed by atoms with Crippen molar-refractivity contribution in [2.45, 2.75) is 33.0 Å². The van der Waals surface area contributed by atoms with E-state index in [9.17, 15) is 4.79 Å². The maximum atomic E-state index is 12.4. The summed E-state index contributed by atoms with van der Waals surface area (Å²) in [6, 6.07) is 6.16. The van der Waals surface area contributed by atoms with E-state index in [4.69, 9.17) is 0 Å². The molecular formula is C16H25N3O. The van der Waals surface area contributed by atoms with Crippen molar-refractivity contribution >= 4 is 5.91 Å². The molecule has 0 radical (unpaired) electrons. The molecule has 4 heteroatoms. The standard InChI is InChI=1S/C16H25N3O/c1-11(2)15(10-19(3)4)18-16(20)12-5-6-13-8-17-9-14(13)7-12/h5-7,11,15,17H,8-10H2,1-4H3,(H,18,20). The zero-order valence-corrected chi connectivity index (χ0v) is 12.9. The number of amides is 1. The Bertz CT molecular complexity index is 483. The second-order valence-corrected chi connectivity index (χ2v) is 6.17. The number of fused-ring (bicyclic) bond motifs is 1. The first-order valence-electron chi connectivity index (χ1n) is 7.25. The lowest BCUT2D eigenvalue weighted by Gasteiger charge is -2.25. The molecule has 0 saturated heterocycles. The van der Waals surface area contributed by atoms with E-state index >= 15 is 0 Å². The third kappa shape index (κ3) is 3.58. The Hall–Kier alpha value is -1.39. The Morgan fingerprint density at radius 3 is 2.65 bits per heavy atom. The van der Waals surface area contributed by atoms with E-state index in [-0.39, 0.29) is 11.9 Å². The zero-order chi connectivity index (χ0) is 14.7. The maximum Gasteiger partial charge on any atom is 0.251 e. The van der Waals surface area contributed by atoms with Gasteiger partial charge < -0.3 is 15.5 Å². The molecule has 1 amide bonds. The summed E-state index contributed by atoms with van der Waals surface area (Å²) in [5.41, 5.74) is 3.30. The van der Waals surface area contributed by atoms with Crippen LogP contribution in [0.4, 0.5) is 0 Å². The Balaban J connectivity index is 2.06. The van der Waals surface area contributed by atoms with Gasteiger partial charge >= 0.3 is 0 Å². The minimum absolute atomic E-state index is 0.0280. The number of carbonyl (C=O) groups is 1. The molecule has 1 aromatic carbocycles. The largest absolute Gasteiger partial charge is 0.348 e. The number of nitrogens with zero attached hydrogens (tertiary/aromatic N) is 1. The topological polar surface area (TPSA) is 44.4 Å². The molecule has 20 heavy (non-hydrogen) atoms. The van der Waals surface area contributed by atoms with Gasteiger partial charge in [0.15, 0.2) is 0 Å². The normalized spacial score (nSPS) is 15.5. The van der Waals surface area contributed by atoms with Gasteiger partial charge in [-0.3, -0.25) is 4.79 Å². The quantitative estimate of drug-likeness (QED) is 0.858. The highest BCUT2D eigenvalue weighted by Crippen LogP contribution is 2.17. The Morgan fingerprint density at radius 1 is 1.30 bits per heavy atom. The van der Waals surface area contributed by atoms with E-state index in [0.29, 0.717) is 5.92 Å². The lowest BCUT2D eigenvalue weighted by Crippen LogP contribution is -2.45. The summed E-state index contributed by atoms with van der Waals surface area (Å²) in [5.74, 6) is 0.442. The number of hydrogen-bond acceptors (Lipinski definition) is 3. The summed E-state index contributed by atoms with van der Waals surface area (Å²) in [6.45, 7) is 6.91. The SMILES string of the molecule is CC(C)C(CN(C)C)NC(=O)c1ccc2c(c1)CNC2. The average Bonchev–Trinajstić information content (AvgIpc) is 2.84. The first-order chi connectivity index (χ1) is 9.47. The zero-order valence-electron chi connectivity index (χ0n) is 12.9. The Labute approximate surface area is 121 Å². The summed E-state index contributed by atoms with van der Waals surface area (Å²) >= 11 is 0. The highest BCUT2D eigenvalue weighted by molar-refractivity contribution is 5.94. The molecule has 1 aliphatic heterocycles. The van der Waals surface area contributed by atoms with E-state index in [1.54, 1.807) is 0 Å². The van der Waals surface area contributed by atoms with Crippen molar-refractivity contribution in [2.75, 3.05) is 20.6 Å². The minimum atomic E-state index is 0.0280. The van der Waals surface area contributed by atoms with Gasteiger partial charge in [0.1, 0.15) is 0 Å². The van der Waals surface area contributed by atoms with E-state index in [2.05, 4.69) is 35.4 Å². The number of hydrogen-bond donors (Lipinski definition) is 2. The molecule has 0 fully saturated rings. The summed E-state index contributed by atoms with van der Waals surface area (Å²) in [4.78, 5) is 14.5. The predicted molar refractivity (Wildman–Crippen MR) is 81.6 cm³/mol. The van der Waals surface area contributed by atoms with Gasteiger partial charge in [-0.15, -0.1) is 0 Å². The van der Waals surface area contributed by atoms with Crippen LogP contribution in [-0.2, 0) is 13.1 Å². The summed E-state index contributed by atoms with van der Waals surface area (Å²) in [6.07, 6.45) is 0. The van der Waals surface area contributed by atoms with Crippen LogP contribution in [0.5, 0.6) is 0 Å². The van der Waals surface area contributed by atoms with Crippen LogP contribution in [0.1, 0.15) is 35.3 Å². The number of nitrogens with one attached hydrogen (secondary N) is 2. The second-order valence-electron chi connectivity index (χ2n) is 6.17. The molecule has 1 aliphatic rings. The van der Waals surface area contributed by atoms with Crippen molar-refractivity contribution in [2.24, 2.45) is 5.92 Å². The number of benzene rings is 1. The van der Waals surface area contributed by atoms with Crippen LogP contribution in [0.3, 0.4) is 0 Å². The maximum absolute atomic E-state index is 12.4.